The standard InChI is InChI=1S/C8H9O4/c1-4-7(9)11-6(3)12-8(10)5-2/h4-6H,1-3H2. The fourth-order valence-corrected chi connectivity index (χ4v) is 0.379. The van der Waals surface area contributed by atoms with Crippen LogP contribution in [0.1, 0.15) is 0 Å². The van der Waals surface area contributed by atoms with E-state index in [1.165, 1.54) is 0 Å². The second-order valence-electron chi connectivity index (χ2n) is 1.71. The molecule has 0 aliphatic rings. The summed E-state index contributed by atoms with van der Waals surface area (Å²) >= 11 is 0. The quantitative estimate of drug-likeness (QED) is 0.351. The molecule has 0 aliphatic heterocycles. The van der Waals surface area contributed by atoms with Crippen molar-refractivity contribution in [2.75, 3.05) is 0 Å². The Morgan fingerprint density at radius 3 is 1.67 bits per heavy atom. The van der Waals surface area contributed by atoms with E-state index in [-0.39, 0.29) is 0 Å². The Kier molecular flexibility index (Phi) is 4.45. The minimum absolute atomic E-state index is 0.702. The van der Waals surface area contributed by atoms with Gasteiger partial charge >= 0.3 is 11.9 Å². The molecule has 0 aromatic carbocycles. The van der Waals surface area contributed by atoms with E-state index in [2.05, 4.69) is 29.6 Å². The molecule has 4 heteroatoms. The summed E-state index contributed by atoms with van der Waals surface area (Å²) in [6.45, 7) is 9.53. The van der Waals surface area contributed by atoms with Crippen molar-refractivity contribution < 1.29 is 19.1 Å². The molecule has 0 N–H and O–H groups in total. The lowest BCUT2D eigenvalue weighted by atomic mass is 10.6. The van der Waals surface area contributed by atoms with Crippen LogP contribution >= 0.6 is 0 Å². The third-order valence-corrected chi connectivity index (χ3v) is 0.829. The van der Waals surface area contributed by atoms with Crippen LogP contribution in [0.25, 0.3) is 0 Å². The highest BCUT2D eigenvalue weighted by Crippen LogP contribution is 1.94. The van der Waals surface area contributed by atoms with E-state index < -0.39 is 18.2 Å². The van der Waals surface area contributed by atoms with Gasteiger partial charge in [-0.3, -0.25) is 0 Å². The second kappa shape index (κ2) is 5.12. The van der Waals surface area contributed by atoms with Crippen LogP contribution in [-0.4, -0.2) is 18.2 Å². The Bertz CT molecular complexity index is 185. The summed E-state index contributed by atoms with van der Waals surface area (Å²) in [6, 6.07) is 0. The van der Waals surface area contributed by atoms with Crippen LogP contribution in [0, 0.1) is 6.92 Å². The Balaban J connectivity index is 3.80. The van der Waals surface area contributed by atoms with Crippen LogP contribution in [0.5, 0.6) is 0 Å². The van der Waals surface area contributed by atoms with Crippen molar-refractivity contribution in [2.24, 2.45) is 0 Å². The maximum absolute atomic E-state index is 10.5. The molecule has 0 aromatic rings. The van der Waals surface area contributed by atoms with Crippen LogP contribution in [0.2, 0.25) is 0 Å². The SMILES string of the molecule is [CH2]C(OC(=O)C=C)OC(=O)C=C. The third-order valence-electron chi connectivity index (χ3n) is 0.829. The van der Waals surface area contributed by atoms with Crippen LogP contribution in [0.3, 0.4) is 0 Å². The number of hydrogen-bond donors (Lipinski definition) is 0. The predicted molar refractivity (Wildman–Crippen MR) is 41.7 cm³/mol. The van der Waals surface area contributed by atoms with Crippen molar-refractivity contribution in [2.45, 2.75) is 6.29 Å². The summed E-state index contributed by atoms with van der Waals surface area (Å²) in [4.78, 5) is 21.0. The zero-order valence-corrected chi connectivity index (χ0v) is 6.49. The van der Waals surface area contributed by atoms with E-state index in [9.17, 15) is 9.59 Å². The first-order valence-corrected chi connectivity index (χ1v) is 3.09. The molecule has 0 heterocycles. The van der Waals surface area contributed by atoms with Crippen LogP contribution in [0.4, 0.5) is 0 Å². The number of carbonyl (C=O) groups excluding carboxylic acids is 2. The number of rotatable bonds is 4. The van der Waals surface area contributed by atoms with Crippen molar-refractivity contribution in [3.63, 3.8) is 0 Å². The zero-order chi connectivity index (χ0) is 9.56. The van der Waals surface area contributed by atoms with E-state index in [0.717, 1.165) is 12.2 Å². The molecule has 12 heavy (non-hydrogen) atoms. The van der Waals surface area contributed by atoms with Gasteiger partial charge in [0.2, 0.25) is 6.29 Å². The lowest BCUT2D eigenvalue weighted by Crippen LogP contribution is -2.19. The first-order valence-electron chi connectivity index (χ1n) is 3.09. The van der Waals surface area contributed by atoms with Crippen LogP contribution in [0.15, 0.2) is 25.3 Å². The van der Waals surface area contributed by atoms with E-state index in [1.54, 1.807) is 0 Å². The summed E-state index contributed by atoms with van der Waals surface area (Å²) in [6.07, 6.45) is 0.723. The summed E-state index contributed by atoms with van der Waals surface area (Å²) in [5.74, 6) is -1.40. The van der Waals surface area contributed by atoms with Gasteiger partial charge in [-0.1, -0.05) is 13.2 Å². The average Bonchev–Trinajstić information content (AvgIpc) is 2.03. The molecule has 0 aromatic heterocycles. The molecule has 0 fully saturated rings. The van der Waals surface area contributed by atoms with E-state index in [4.69, 9.17) is 0 Å². The fraction of sp³-hybridized carbons (Fsp3) is 0.125. The topological polar surface area (TPSA) is 52.6 Å². The van der Waals surface area contributed by atoms with Crippen molar-refractivity contribution in [3.05, 3.63) is 32.2 Å². The first kappa shape index (κ1) is 10.4. The van der Waals surface area contributed by atoms with E-state index in [0.29, 0.717) is 0 Å². The van der Waals surface area contributed by atoms with Gasteiger partial charge in [-0.2, -0.15) is 0 Å². The number of esters is 2. The lowest BCUT2D eigenvalue weighted by Gasteiger charge is -2.10. The van der Waals surface area contributed by atoms with Gasteiger partial charge in [0, 0.05) is 19.1 Å². The third kappa shape index (κ3) is 4.27. The van der Waals surface area contributed by atoms with Gasteiger partial charge in [0.05, 0.1) is 0 Å². The molecule has 0 rings (SSSR count). The Morgan fingerprint density at radius 1 is 1.08 bits per heavy atom. The molecular formula is C8H9O4. The summed E-state index contributed by atoms with van der Waals surface area (Å²) in [7, 11) is 0. The van der Waals surface area contributed by atoms with Crippen molar-refractivity contribution >= 4 is 11.9 Å². The summed E-state index contributed by atoms with van der Waals surface area (Å²) < 4.78 is 8.83. The molecule has 0 saturated carbocycles. The zero-order valence-electron chi connectivity index (χ0n) is 6.49. The first-order chi connectivity index (χ1) is 5.60. The highest BCUT2D eigenvalue weighted by atomic mass is 16.7. The molecule has 0 amide bonds. The number of carbonyl (C=O) groups is 2. The second-order valence-corrected chi connectivity index (χ2v) is 1.71. The average molecular weight is 169 g/mol. The molecule has 0 atom stereocenters. The van der Waals surface area contributed by atoms with Crippen LogP contribution in [-0.2, 0) is 19.1 Å². The van der Waals surface area contributed by atoms with Gasteiger partial charge in [-0.25, -0.2) is 9.59 Å². The fourth-order valence-electron chi connectivity index (χ4n) is 0.379. The molecule has 1 radical (unpaired) electrons. The van der Waals surface area contributed by atoms with Gasteiger partial charge in [-0.15, -0.1) is 0 Å². The Hall–Kier alpha value is -1.58. The minimum Gasteiger partial charge on any atom is -0.422 e. The number of ether oxygens (including phenoxy) is 2. The Labute approximate surface area is 70.5 Å². The molecule has 4 nitrogen and oxygen atoms in total. The maximum Gasteiger partial charge on any atom is 0.333 e. The predicted octanol–water partition coefficient (Wildman–Crippen LogP) is 0.605. The van der Waals surface area contributed by atoms with Crippen LogP contribution < -0.4 is 0 Å². The molecule has 0 aliphatic carbocycles. The van der Waals surface area contributed by atoms with Crippen molar-refractivity contribution in [3.8, 4) is 0 Å². The molecule has 65 valence electrons. The maximum atomic E-state index is 10.5. The van der Waals surface area contributed by atoms with Crippen molar-refractivity contribution in [1.29, 1.82) is 0 Å². The normalized spacial score (nSPS) is 8.83. The summed E-state index contributed by atoms with van der Waals surface area (Å²) in [5.41, 5.74) is 0. The van der Waals surface area contributed by atoms with Gasteiger partial charge in [0.15, 0.2) is 0 Å². The van der Waals surface area contributed by atoms with Gasteiger partial charge in [0.1, 0.15) is 0 Å². The highest BCUT2D eigenvalue weighted by Gasteiger charge is 2.09. The smallest absolute Gasteiger partial charge is 0.333 e. The molecule has 0 spiro atoms. The highest BCUT2D eigenvalue weighted by molar-refractivity contribution is 5.83. The minimum atomic E-state index is -1.17. The largest absolute Gasteiger partial charge is 0.422 e. The Morgan fingerprint density at radius 2 is 1.42 bits per heavy atom. The van der Waals surface area contributed by atoms with Crippen molar-refractivity contribution in [1.82, 2.24) is 0 Å². The molecule has 0 saturated heterocycles. The molecular weight excluding hydrogens is 160 g/mol. The van der Waals surface area contributed by atoms with E-state index in [1.807, 2.05) is 0 Å². The van der Waals surface area contributed by atoms with Gasteiger partial charge in [-0.05, 0) is 0 Å². The molecule has 0 bridgehead atoms. The lowest BCUT2D eigenvalue weighted by molar-refractivity contribution is -0.172. The van der Waals surface area contributed by atoms with E-state index >= 15 is 0 Å². The van der Waals surface area contributed by atoms with Gasteiger partial charge < -0.3 is 9.47 Å². The monoisotopic (exact) mass is 169 g/mol. The van der Waals surface area contributed by atoms with Gasteiger partial charge in [0.25, 0.3) is 0 Å². The summed E-state index contributed by atoms with van der Waals surface area (Å²) in [5, 5.41) is 0. The number of hydrogen-bond acceptors (Lipinski definition) is 4. The molecule has 0 unspecified atom stereocenters.